The normalized spacial score (nSPS) is 10.3. The molecule has 20 heavy (non-hydrogen) atoms. The van der Waals surface area contributed by atoms with E-state index in [2.05, 4.69) is 10.3 Å². The summed E-state index contributed by atoms with van der Waals surface area (Å²) in [5, 5.41) is 23.1. The number of benzene rings is 1. The maximum atomic E-state index is 11.9. The zero-order chi connectivity index (χ0) is 14.9. The molecule has 0 atom stereocenters. The van der Waals surface area contributed by atoms with Crippen LogP contribution in [0.1, 0.15) is 20.9 Å². The van der Waals surface area contributed by atoms with E-state index in [0.29, 0.717) is 5.13 Å². The monoisotopic (exact) mass is 293 g/mol. The second-order valence-corrected chi connectivity index (χ2v) is 5.28. The van der Waals surface area contributed by atoms with Crippen LogP contribution in [0, 0.1) is 24.0 Å². The van der Waals surface area contributed by atoms with Gasteiger partial charge in [-0.1, -0.05) is 0 Å². The summed E-state index contributed by atoms with van der Waals surface area (Å²) in [7, 11) is 0. The van der Waals surface area contributed by atoms with Crippen molar-refractivity contribution in [1.29, 1.82) is 0 Å². The number of nitrogens with zero attached hydrogens (tertiary/aromatic N) is 2. The molecule has 0 aliphatic carbocycles. The Kier molecular flexibility index (Phi) is 3.66. The summed E-state index contributed by atoms with van der Waals surface area (Å²) < 4.78 is 0. The summed E-state index contributed by atoms with van der Waals surface area (Å²) >= 11 is 1.34. The number of phenolic OH excluding ortho intramolecular Hbond substituents is 1. The van der Waals surface area contributed by atoms with E-state index in [0.717, 1.165) is 22.7 Å². The molecule has 0 radical (unpaired) electrons. The summed E-state index contributed by atoms with van der Waals surface area (Å²) in [5.41, 5.74) is 0.512. The van der Waals surface area contributed by atoms with Crippen LogP contribution in [0.25, 0.3) is 0 Å². The van der Waals surface area contributed by atoms with Crippen molar-refractivity contribution in [3.05, 3.63) is 44.4 Å². The lowest BCUT2D eigenvalue weighted by atomic mass is 10.2. The molecule has 1 aromatic heterocycles. The minimum atomic E-state index is -0.718. The molecule has 1 aromatic carbocycles. The number of thiazole rings is 1. The predicted octanol–water partition coefficient (Wildman–Crippen LogP) is 2.63. The average Bonchev–Trinajstić information content (AvgIpc) is 2.67. The number of nitrogens with one attached hydrogen (secondary N) is 1. The van der Waals surface area contributed by atoms with Crippen molar-refractivity contribution in [2.24, 2.45) is 0 Å². The molecule has 1 amide bonds. The van der Waals surface area contributed by atoms with E-state index in [1.807, 2.05) is 13.8 Å². The first-order valence-corrected chi connectivity index (χ1v) is 6.43. The van der Waals surface area contributed by atoms with Crippen LogP contribution < -0.4 is 5.32 Å². The molecular weight excluding hydrogens is 282 g/mol. The van der Waals surface area contributed by atoms with Gasteiger partial charge < -0.3 is 5.11 Å². The Morgan fingerprint density at radius 3 is 2.65 bits per heavy atom. The van der Waals surface area contributed by atoms with Gasteiger partial charge >= 0.3 is 5.69 Å². The van der Waals surface area contributed by atoms with E-state index in [1.54, 1.807) is 0 Å². The fourth-order valence-corrected chi connectivity index (χ4v) is 2.32. The predicted molar refractivity (Wildman–Crippen MR) is 74.3 cm³/mol. The van der Waals surface area contributed by atoms with Gasteiger partial charge in [0.1, 0.15) is 0 Å². The highest BCUT2D eigenvalue weighted by Gasteiger charge is 2.17. The first-order valence-electron chi connectivity index (χ1n) is 5.61. The van der Waals surface area contributed by atoms with Crippen LogP contribution in [0.4, 0.5) is 10.8 Å². The third-order valence-electron chi connectivity index (χ3n) is 2.68. The number of nitro benzene ring substituents is 1. The van der Waals surface area contributed by atoms with Crippen LogP contribution in [0.15, 0.2) is 18.2 Å². The number of hydrogen-bond donors (Lipinski definition) is 2. The summed E-state index contributed by atoms with van der Waals surface area (Å²) in [6.07, 6.45) is 0. The number of phenols is 1. The van der Waals surface area contributed by atoms with Crippen LogP contribution in [0.2, 0.25) is 0 Å². The Labute approximate surface area is 118 Å². The Morgan fingerprint density at radius 1 is 1.45 bits per heavy atom. The standard InChI is InChI=1S/C12H11N3O4S/c1-6-7(2)20-12(13-6)14-11(17)8-3-4-9(15(18)19)10(16)5-8/h3-5,16H,1-2H3,(H,13,14,17). The SMILES string of the molecule is Cc1nc(NC(=O)c2ccc([N+](=O)[O-])c(O)c2)sc1C. The van der Waals surface area contributed by atoms with Crippen LogP contribution in [-0.4, -0.2) is 20.9 Å². The van der Waals surface area contributed by atoms with Gasteiger partial charge in [-0.2, -0.15) is 0 Å². The Hall–Kier alpha value is -2.48. The zero-order valence-corrected chi connectivity index (χ0v) is 11.5. The maximum absolute atomic E-state index is 11.9. The smallest absolute Gasteiger partial charge is 0.310 e. The number of carbonyl (C=O) groups is 1. The van der Waals surface area contributed by atoms with E-state index in [-0.39, 0.29) is 5.56 Å². The average molecular weight is 293 g/mol. The van der Waals surface area contributed by atoms with Crippen molar-refractivity contribution < 1.29 is 14.8 Å². The fraction of sp³-hybridized carbons (Fsp3) is 0.167. The lowest BCUT2D eigenvalue weighted by molar-refractivity contribution is -0.385. The minimum absolute atomic E-state index is 0.124. The van der Waals surface area contributed by atoms with E-state index in [9.17, 15) is 20.0 Å². The number of aromatic nitrogens is 1. The molecule has 1 heterocycles. The van der Waals surface area contributed by atoms with E-state index in [4.69, 9.17) is 0 Å². The number of aromatic hydroxyl groups is 1. The van der Waals surface area contributed by atoms with Gasteiger partial charge in [0, 0.05) is 16.5 Å². The molecule has 0 saturated heterocycles. The Morgan fingerprint density at radius 2 is 2.15 bits per heavy atom. The molecule has 0 bridgehead atoms. The minimum Gasteiger partial charge on any atom is -0.502 e. The summed E-state index contributed by atoms with van der Waals surface area (Å²) in [6, 6.07) is 3.42. The molecule has 2 N–H and O–H groups in total. The van der Waals surface area contributed by atoms with Crippen molar-refractivity contribution in [2.45, 2.75) is 13.8 Å². The summed E-state index contributed by atoms with van der Waals surface area (Å²) in [6.45, 7) is 3.72. The molecule has 0 unspecified atom stereocenters. The number of amides is 1. The van der Waals surface area contributed by atoms with Crippen LogP contribution in [-0.2, 0) is 0 Å². The van der Waals surface area contributed by atoms with Gasteiger partial charge in [-0.3, -0.25) is 20.2 Å². The van der Waals surface area contributed by atoms with Gasteiger partial charge in [0.15, 0.2) is 10.9 Å². The largest absolute Gasteiger partial charge is 0.502 e. The molecular formula is C12H11N3O4S. The maximum Gasteiger partial charge on any atom is 0.310 e. The van der Waals surface area contributed by atoms with Gasteiger partial charge in [-0.15, -0.1) is 11.3 Å². The molecule has 0 aliphatic rings. The Bertz CT molecular complexity index is 677. The molecule has 8 heteroatoms. The molecule has 0 fully saturated rings. The number of carbonyl (C=O) groups excluding carboxylic acids is 1. The van der Waals surface area contributed by atoms with E-state index >= 15 is 0 Å². The van der Waals surface area contributed by atoms with Gasteiger partial charge in [-0.25, -0.2) is 4.98 Å². The second-order valence-electron chi connectivity index (χ2n) is 4.08. The van der Waals surface area contributed by atoms with Crippen molar-refractivity contribution in [3.63, 3.8) is 0 Å². The van der Waals surface area contributed by atoms with Crippen molar-refractivity contribution in [3.8, 4) is 5.75 Å². The molecule has 2 aromatic rings. The molecule has 2 rings (SSSR count). The van der Waals surface area contributed by atoms with Crippen LogP contribution >= 0.6 is 11.3 Å². The first kappa shape index (κ1) is 13.9. The van der Waals surface area contributed by atoms with Gasteiger partial charge in [-0.05, 0) is 26.0 Å². The van der Waals surface area contributed by atoms with Gasteiger partial charge in [0.25, 0.3) is 5.91 Å². The fourth-order valence-electron chi connectivity index (χ4n) is 1.51. The lowest BCUT2D eigenvalue weighted by Gasteiger charge is -2.02. The molecule has 0 spiro atoms. The lowest BCUT2D eigenvalue weighted by Crippen LogP contribution is -2.11. The highest BCUT2D eigenvalue weighted by molar-refractivity contribution is 7.15. The third kappa shape index (κ3) is 2.75. The Balaban J connectivity index is 2.21. The highest BCUT2D eigenvalue weighted by Crippen LogP contribution is 2.27. The second kappa shape index (κ2) is 5.25. The van der Waals surface area contributed by atoms with Crippen molar-refractivity contribution >= 4 is 28.1 Å². The first-order chi connectivity index (χ1) is 9.38. The molecule has 7 nitrogen and oxygen atoms in total. The third-order valence-corrected chi connectivity index (χ3v) is 3.67. The highest BCUT2D eigenvalue weighted by atomic mass is 32.1. The van der Waals surface area contributed by atoms with Crippen molar-refractivity contribution in [1.82, 2.24) is 4.98 Å². The van der Waals surface area contributed by atoms with Gasteiger partial charge in [0.2, 0.25) is 0 Å². The van der Waals surface area contributed by atoms with Crippen molar-refractivity contribution in [2.75, 3.05) is 5.32 Å². The molecule has 0 aliphatic heterocycles. The number of anilines is 1. The molecule has 0 saturated carbocycles. The molecule has 104 valence electrons. The number of nitro groups is 1. The topological polar surface area (TPSA) is 105 Å². The summed E-state index contributed by atoms with van der Waals surface area (Å²) in [4.78, 5) is 26.9. The van der Waals surface area contributed by atoms with Gasteiger partial charge in [0.05, 0.1) is 10.6 Å². The quantitative estimate of drug-likeness (QED) is 0.668. The zero-order valence-electron chi connectivity index (χ0n) is 10.7. The number of aryl methyl sites for hydroxylation is 2. The number of rotatable bonds is 3. The van der Waals surface area contributed by atoms with Crippen LogP contribution in [0.5, 0.6) is 5.75 Å². The van der Waals surface area contributed by atoms with E-state index < -0.39 is 22.3 Å². The van der Waals surface area contributed by atoms with Crippen LogP contribution in [0.3, 0.4) is 0 Å². The summed E-state index contributed by atoms with van der Waals surface area (Å²) in [5.74, 6) is -1.03. The van der Waals surface area contributed by atoms with E-state index in [1.165, 1.54) is 17.4 Å². The number of hydrogen-bond acceptors (Lipinski definition) is 6.